The van der Waals surface area contributed by atoms with Crippen LogP contribution in [0.3, 0.4) is 0 Å². The van der Waals surface area contributed by atoms with Crippen LogP contribution in [0.2, 0.25) is 0 Å². The Bertz CT molecular complexity index is 1410. The summed E-state index contributed by atoms with van der Waals surface area (Å²) in [6.07, 6.45) is 2.00. The second-order valence-electron chi connectivity index (χ2n) is 8.07. The lowest BCUT2D eigenvalue weighted by Crippen LogP contribution is -2.24. The Labute approximate surface area is 173 Å². The minimum absolute atomic E-state index is 0.126. The SMILES string of the molecule is CC1(C)c2ccccc2Oc2c(-c3cc4c(cn3)sc3ccccc34)cccc21. The van der Waals surface area contributed by atoms with Crippen molar-refractivity contribution in [3.63, 3.8) is 0 Å². The quantitative estimate of drug-likeness (QED) is 0.293. The molecule has 29 heavy (non-hydrogen) atoms. The average molecular weight is 394 g/mol. The lowest BCUT2D eigenvalue weighted by atomic mass is 9.75. The zero-order chi connectivity index (χ0) is 19.6. The third-order valence-electron chi connectivity index (χ3n) is 6.00. The molecule has 5 aromatic rings. The number of ether oxygens (including phenoxy) is 1. The molecular weight excluding hydrogens is 374 g/mol. The van der Waals surface area contributed by atoms with Crippen LogP contribution in [0.15, 0.2) is 79.0 Å². The molecule has 3 heteroatoms. The molecule has 0 aliphatic carbocycles. The summed E-state index contributed by atoms with van der Waals surface area (Å²) in [6, 6.07) is 25.5. The van der Waals surface area contributed by atoms with E-state index in [0.29, 0.717) is 0 Å². The molecule has 0 amide bonds. The van der Waals surface area contributed by atoms with E-state index in [-0.39, 0.29) is 5.41 Å². The van der Waals surface area contributed by atoms with Gasteiger partial charge in [-0.15, -0.1) is 11.3 Å². The van der Waals surface area contributed by atoms with E-state index in [1.165, 1.54) is 31.3 Å². The highest BCUT2D eigenvalue weighted by atomic mass is 32.1. The molecule has 0 fully saturated rings. The molecule has 3 heterocycles. The Hall–Kier alpha value is -3.17. The highest BCUT2D eigenvalue weighted by Crippen LogP contribution is 2.51. The Morgan fingerprint density at radius 1 is 0.793 bits per heavy atom. The van der Waals surface area contributed by atoms with Crippen molar-refractivity contribution >= 4 is 31.5 Å². The molecule has 6 rings (SSSR count). The number of rotatable bonds is 1. The Morgan fingerprint density at radius 3 is 2.52 bits per heavy atom. The van der Waals surface area contributed by atoms with Gasteiger partial charge in [-0.3, -0.25) is 4.98 Å². The van der Waals surface area contributed by atoms with E-state index in [9.17, 15) is 0 Å². The largest absolute Gasteiger partial charge is 0.456 e. The van der Waals surface area contributed by atoms with Gasteiger partial charge in [0.1, 0.15) is 11.5 Å². The van der Waals surface area contributed by atoms with Gasteiger partial charge in [-0.1, -0.05) is 62.4 Å². The summed E-state index contributed by atoms with van der Waals surface area (Å²) in [7, 11) is 0. The van der Waals surface area contributed by atoms with Gasteiger partial charge in [-0.05, 0) is 24.3 Å². The average Bonchev–Trinajstić information content (AvgIpc) is 3.11. The maximum Gasteiger partial charge on any atom is 0.140 e. The molecule has 0 N–H and O–H groups in total. The summed E-state index contributed by atoms with van der Waals surface area (Å²) in [5.41, 5.74) is 4.29. The first kappa shape index (κ1) is 16.8. The van der Waals surface area contributed by atoms with Gasteiger partial charge in [0, 0.05) is 43.8 Å². The molecule has 0 bridgehead atoms. The number of hydrogen-bond acceptors (Lipinski definition) is 3. The van der Waals surface area contributed by atoms with Crippen LogP contribution >= 0.6 is 11.3 Å². The van der Waals surface area contributed by atoms with Gasteiger partial charge < -0.3 is 4.74 Å². The molecule has 1 aliphatic heterocycles. The molecule has 0 saturated carbocycles. The van der Waals surface area contributed by atoms with Crippen LogP contribution in [0, 0.1) is 0 Å². The normalized spacial score (nSPS) is 14.4. The standard InChI is InChI=1S/C26H19NOS/c1-26(2)19-10-4-5-12-22(19)28-25-17(9-7-11-20(25)26)21-14-18-16-8-3-6-13-23(16)29-24(18)15-27-21/h3-15H,1-2H3. The summed E-state index contributed by atoms with van der Waals surface area (Å²) in [6.45, 7) is 4.53. The predicted octanol–water partition coefficient (Wildman–Crippen LogP) is 7.55. The van der Waals surface area contributed by atoms with Crippen LogP contribution in [0.1, 0.15) is 25.0 Å². The molecule has 0 radical (unpaired) electrons. The minimum Gasteiger partial charge on any atom is -0.456 e. The van der Waals surface area contributed by atoms with Gasteiger partial charge in [-0.25, -0.2) is 0 Å². The van der Waals surface area contributed by atoms with Crippen LogP contribution in [-0.4, -0.2) is 4.98 Å². The van der Waals surface area contributed by atoms with Crippen molar-refractivity contribution in [2.45, 2.75) is 19.3 Å². The first-order valence-corrected chi connectivity index (χ1v) is 10.6. The van der Waals surface area contributed by atoms with Gasteiger partial charge in [-0.2, -0.15) is 0 Å². The van der Waals surface area contributed by atoms with Crippen LogP contribution in [-0.2, 0) is 5.41 Å². The summed E-state index contributed by atoms with van der Waals surface area (Å²) >= 11 is 1.79. The smallest absolute Gasteiger partial charge is 0.140 e. The molecule has 140 valence electrons. The van der Waals surface area contributed by atoms with Crippen molar-refractivity contribution in [2.75, 3.05) is 0 Å². The van der Waals surface area contributed by atoms with Crippen molar-refractivity contribution in [2.24, 2.45) is 0 Å². The molecule has 2 aromatic heterocycles. The maximum atomic E-state index is 6.44. The van der Waals surface area contributed by atoms with Crippen molar-refractivity contribution in [3.05, 3.63) is 90.1 Å². The number of fused-ring (bicyclic) bond motifs is 5. The van der Waals surface area contributed by atoms with Crippen molar-refractivity contribution < 1.29 is 4.74 Å². The first-order valence-electron chi connectivity index (χ1n) is 9.81. The van der Waals surface area contributed by atoms with E-state index in [0.717, 1.165) is 22.8 Å². The van der Waals surface area contributed by atoms with E-state index < -0.39 is 0 Å². The van der Waals surface area contributed by atoms with Gasteiger partial charge >= 0.3 is 0 Å². The lowest BCUT2D eigenvalue weighted by Gasteiger charge is -2.35. The highest BCUT2D eigenvalue weighted by Gasteiger charge is 2.35. The highest BCUT2D eigenvalue weighted by molar-refractivity contribution is 7.25. The van der Waals surface area contributed by atoms with Gasteiger partial charge in [0.25, 0.3) is 0 Å². The zero-order valence-electron chi connectivity index (χ0n) is 16.3. The Balaban J connectivity index is 1.59. The fourth-order valence-electron chi connectivity index (χ4n) is 4.45. The van der Waals surface area contributed by atoms with E-state index in [2.05, 4.69) is 80.6 Å². The van der Waals surface area contributed by atoms with Crippen molar-refractivity contribution in [3.8, 4) is 22.8 Å². The van der Waals surface area contributed by atoms with E-state index in [1.54, 1.807) is 11.3 Å². The number of para-hydroxylation sites is 2. The number of thiophene rings is 1. The summed E-state index contributed by atoms with van der Waals surface area (Å²) in [4.78, 5) is 4.81. The van der Waals surface area contributed by atoms with Crippen LogP contribution in [0.5, 0.6) is 11.5 Å². The first-order chi connectivity index (χ1) is 14.1. The number of hydrogen-bond donors (Lipinski definition) is 0. The number of nitrogens with zero attached hydrogens (tertiary/aromatic N) is 1. The second kappa shape index (κ2) is 5.91. The van der Waals surface area contributed by atoms with Crippen molar-refractivity contribution in [1.29, 1.82) is 0 Å². The topological polar surface area (TPSA) is 22.1 Å². The van der Waals surface area contributed by atoms with E-state index in [4.69, 9.17) is 9.72 Å². The predicted molar refractivity (Wildman–Crippen MR) is 121 cm³/mol. The number of pyridine rings is 1. The monoisotopic (exact) mass is 393 g/mol. The molecule has 2 nitrogen and oxygen atoms in total. The summed E-state index contributed by atoms with van der Waals surface area (Å²) in [5, 5.41) is 2.54. The minimum atomic E-state index is -0.126. The zero-order valence-corrected chi connectivity index (χ0v) is 17.1. The van der Waals surface area contributed by atoms with Gasteiger partial charge in [0.15, 0.2) is 0 Å². The molecule has 0 saturated heterocycles. The summed E-state index contributed by atoms with van der Waals surface area (Å²) in [5.74, 6) is 1.85. The molecule has 0 spiro atoms. The molecule has 0 unspecified atom stereocenters. The van der Waals surface area contributed by atoms with Gasteiger partial charge in [0.2, 0.25) is 0 Å². The Morgan fingerprint density at radius 2 is 1.59 bits per heavy atom. The fraction of sp³-hybridized carbons (Fsp3) is 0.115. The van der Waals surface area contributed by atoms with Gasteiger partial charge in [0.05, 0.1) is 10.4 Å². The summed E-state index contributed by atoms with van der Waals surface area (Å²) < 4.78 is 8.95. The second-order valence-corrected chi connectivity index (χ2v) is 9.15. The molecule has 0 atom stereocenters. The third kappa shape index (κ3) is 2.37. The maximum absolute atomic E-state index is 6.44. The van der Waals surface area contributed by atoms with Crippen LogP contribution in [0.25, 0.3) is 31.4 Å². The fourth-order valence-corrected chi connectivity index (χ4v) is 5.50. The van der Waals surface area contributed by atoms with E-state index in [1.807, 2.05) is 12.3 Å². The Kier molecular flexibility index (Phi) is 3.42. The number of benzene rings is 3. The molecular formula is C26H19NOS. The van der Waals surface area contributed by atoms with E-state index >= 15 is 0 Å². The van der Waals surface area contributed by atoms with Crippen LogP contribution in [0.4, 0.5) is 0 Å². The number of aromatic nitrogens is 1. The third-order valence-corrected chi connectivity index (χ3v) is 7.12. The molecule has 1 aliphatic rings. The van der Waals surface area contributed by atoms with Crippen LogP contribution < -0.4 is 4.74 Å². The molecule has 3 aromatic carbocycles. The lowest BCUT2D eigenvalue weighted by molar-refractivity contribution is 0.419. The van der Waals surface area contributed by atoms with Crippen molar-refractivity contribution in [1.82, 2.24) is 4.98 Å².